The minimum atomic E-state index is -3.49. The summed E-state index contributed by atoms with van der Waals surface area (Å²) in [4.78, 5) is 6.00. The second-order valence-corrected chi connectivity index (χ2v) is 10.2. The fraction of sp³-hybridized carbons (Fsp3) is 0.435. The van der Waals surface area contributed by atoms with Crippen LogP contribution in [0.3, 0.4) is 0 Å². The van der Waals surface area contributed by atoms with Crippen LogP contribution in [0.1, 0.15) is 44.3 Å². The molecule has 1 fully saturated rings. The summed E-state index contributed by atoms with van der Waals surface area (Å²) in [5.74, 6) is 0.768. The molecule has 1 aliphatic heterocycles. The number of benzene rings is 1. The molecule has 0 unspecified atom stereocenters. The van der Waals surface area contributed by atoms with Crippen LogP contribution in [0.4, 0.5) is 15.8 Å². The highest BCUT2D eigenvalue weighted by atomic mass is 32.2. The van der Waals surface area contributed by atoms with E-state index in [0.717, 1.165) is 55.0 Å². The van der Waals surface area contributed by atoms with Gasteiger partial charge in [0.25, 0.3) is 0 Å². The van der Waals surface area contributed by atoms with Crippen LogP contribution in [0.25, 0.3) is 11.1 Å². The smallest absolute Gasteiger partial charge is 0.232 e. The lowest BCUT2D eigenvalue weighted by Gasteiger charge is -2.35. The van der Waals surface area contributed by atoms with Gasteiger partial charge in [-0.05, 0) is 37.5 Å². The lowest BCUT2D eigenvalue weighted by molar-refractivity contribution is 0.474. The van der Waals surface area contributed by atoms with Gasteiger partial charge in [0.15, 0.2) is 0 Å². The van der Waals surface area contributed by atoms with Crippen molar-refractivity contribution in [3.63, 3.8) is 0 Å². The molecule has 1 aliphatic rings. The third-order valence-electron chi connectivity index (χ3n) is 6.03. The Morgan fingerprint density at radius 2 is 1.97 bits per heavy atom. The van der Waals surface area contributed by atoms with E-state index in [0.29, 0.717) is 12.1 Å². The van der Waals surface area contributed by atoms with Gasteiger partial charge in [-0.2, -0.15) is 4.39 Å². The first-order valence-corrected chi connectivity index (χ1v) is 12.9. The van der Waals surface area contributed by atoms with E-state index in [1.165, 1.54) is 12.3 Å². The molecule has 4 rings (SSSR count). The molecule has 0 spiro atoms. The number of piperidine rings is 1. The van der Waals surface area contributed by atoms with Crippen LogP contribution in [0.5, 0.6) is 0 Å². The highest BCUT2D eigenvalue weighted by Crippen LogP contribution is 2.40. The second kappa shape index (κ2) is 9.86. The normalized spacial score (nSPS) is 15.1. The number of anilines is 2. The van der Waals surface area contributed by atoms with Crippen molar-refractivity contribution in [3.8, 4) is 11.1 Å². The number of nitrogens with one attached hydrogen (secondary N) is 1. The molecular weight excluding hydrogens is 443 g/mol. The van der Waals surface area contributed by atoms with Crippen LogP contribution < -0.4 is 9.62 Å². The van der Waals surface area contributed by atoms with E-state index >= 15 is 0 Å². The van der Waals surface area contributed by atoms with E-state index in [2.05, 4.69) is 24.8 Å². The maximum Gasteiger partial charge on any atom is 0.232 e. The van der Waals surface area contributed by atoms with Crippen LogP contribution in [-0.2, 0) is 17.1 Å². The number of rotatable bonds is 8. The van der Waals surface area contributed by atoms with Gasteiger partial charge in [-0.1, -0.05) is 25.5 Å². The van der Waals surface area contributed by atoms with Crippen LogP contribution in [0.15, 0.2) is 42.9 Å². The summed E-state index contributed by atoms with van der Waals surface area (Å²) in [6.07, 6.45) is 6.31. The third-order valence-corrected chi connectivity index (χ3v) is 7.39. The maximum atomic E-state index is 13.5. The standard InChI is InChI=1S/C23H29FN6O2S/c1-3-4-14-33(31,32)28-20-7-5-6-19(18-8-9-21(24)25-15-18)22(20)30-12-10-17(11-13-30)23-27-26-16-29(23)2/h5-9,15-17,28H,3-4,10-14H2,1-2H3. The molecule has 176 valence electrons. The zero-order valence-electron chi connectivity index (χ0n) is 18.9. The van der Waals surface area contributed by atoms with E-state index in [-0.39, 0.29) is 11.7 Å². The van der Waals surface area contributed by atoms with Crippen LogP contribution in [0, 0.1) is 5.95 Å². The lowest BCUT2D eigenvalue weighted by atomic mass is 9.94. The van der Waals surface area contributed by atoms with Gasteiger partial charge in [0.05, 0.1) is 17.1 Å². The summed E-state index contributed by atoms with van der Waals surface area (Å²) in [7, 11) is -1.54. The van der Waals surface area contributed by atoms with E-state index in [1.807, 2.05) is 30.7 Å². The van der Waals surface area contributed by atoms with Crippen molar-refractivity contribution < 1.29 is 12.8 Å². The molecule has 10 heteroatoms. The van der Waals surface area contributed by atoms with E-state index in [1.54, 1.807) is 18.5 Å². The molecule has 0 radical (unpaired) electrons. The molecule has 0 atom stereocenters. The van der Waals surface area contributed by atoms with Gasteiger partial charge in [-0.3, -0.25) is 4.72 Å². The number of unbranched alkanes of at least 4 members (excludes halogenated alkanes) is 1. The van der Waals surface area contributed by atoms with Gasteiger partial charge >= 0.3 is 0 Å². The number of aromatic nitrogens is 4. The predicted molar refractivity (Wildman–Crippen MR) is 127 cm³/mol. The summed E-state index contributed by atoms with van der Waals surface area (Å²) in [5, 5.41) is 8.26. The van der Waals surface area contributed by atoms with Crippen molar-refractivity contribution in [1.82, 2.24) is 19.7 Å². The van der Waals surface area contributed by atoms with E-state index in [4.69, 9.17) is 0 Å². The molecule has 0 amide bonds. The van der Waals surface area contributed by atoms with Crippen molar-refractivity contribution in [2.45, 2.75) is 38.5 Å². The molecule has 1 N–H and O–H groups in total. The molecule has 3 heterocycles. The Kier molecular flexibility index (Phi) is 6.92. The number of sulfonamides is 1. The topological polar surface area (TPSA) is 93.0 Å². The molecule has 8 nitrogen and oxygen atoms in total. The van der Waals surface area contributed by atoms with Crippen LogP contribution in [0.2, 0.25) is 0 Å². The fourth-order valence-corrected chi connectivity index (χ4v) is 5.58. The van der Waals surface area contributed by atoms with Crippen molar-refractivity contribution in [2.24, 2.45) is 7.05 Å². The molecule has 2 aromatic heterocycles. The molecule has 0 bridgehead atoms. The Hall–Kier alpha value is -3.01. The van der Waals surface area contributed by atoms with E-state index in [9.17, 15) is 12.8 Å². The van der Waals surface area contributed by atoms with Crippen molar-refractivity contribution in [2.75, 3.05) is 28.5 Å². The Morgan fingerprint density at radius 3 is 2.61 bits per heavy atom. The van der Waals surface area contributed by atoms with Crippen molar-refractivity contribution >= 4 is 21.4 Å². The average Bonchev–Trinajstić information content (AvgIpc) is 3.24. The Balaban J connectivity index is 1.68. The first kappa shape index (κ1) is 23.2. The SMILES string of the molecule is CCCCS(=O)(=O)Nc1cccc(-c2ccc(F)nc2)c1N1CCC(c2nncn2C)CC1. The zero-order valence-corrected chi connectivity index (χ0v) is 19.7. The summed E-state index contributed by atoms with van der Waals surface area (Å²) in [6.45, 7) is 3.42. The Morgan fingerprint density at radius 1 is 1.18 bits per heavy atom. The summed E-state index contributed by atoms with van der Waals surface area (Å²) < 4.78 is 43.7. The lowest BCUT2D eigenvalue weighted by Crippen LogP contribution is -2.34. The van der Waals surface area contributed by atoms with Gasteiger partial charge in [-0.25, -0.2) is 13.4 Å². The first-order valence-electron chi connectivity index (χ1n) is 11.2. The van der Waals surface area contributed by atoms with Crippen molar-refractivity contribution in [3.05, 3.63) is 54.6 Å². The van der Waals surface area contributed by atoms with Crippen molar-refractivity contribution in [1.29, 1.82) is 0 Å². The first-order chi connectivity index (χ1) is 15.9. The second-order valence-electron chi connectivity index (χ2n) is 8.41. The number of hydrogen-bond acceptors (Lipinski definition) is 6. The molecule has 33 heavy (non-hydrogen) atoms. The Bertz CT molecular complexity index is 1190. The molecule has 0 aliphatic carbocycles. The van der Waals surface area contributed by atoms with Gasteiger partial charge in [0.1, 0.15) is 12.2 Å². The molecular formula is C23H29FN6O2S. The summed E-state index contributed by atoms with van der Waals surface area (Å²) in [5.41, 5.74) is 2.87. The molecule has 0 saturated carbocycles. The predicted octanol–water partition coefficient (Wildman–Crippen LogP) is 3.94. The highest BCUT2D eigenvalue weighted by Gasteiger charge is 2.27. The molecule has 1 saturated heterocycles. The summed E-state index contributed by atoms with van der Waals surface area (Å²) in [6, 6.07) is 8.50. The monoisotopic (exact) mass is 472 g/mol. The van der Waals surface area contributed by atoms with E-state index < -0.39 is 16.0 Å². The van der Waals surface area contributed by atoms with Gasteiger partial charge in [0, 0.05) is 43.4 Å². The largest absolute Gasteiger partial charge is 0.369 e. The van der Waals surface area contributed by atoms with Crippen LogP contribution >= 0.6 is 0 Å². The minimum absolute atomic E-state index is 0.0690. The fourth-order valence-electron chi connectivity index (χ4n) is 4.31. The number of pyridine rings is 1. The van der Waals surface area contributed by atoms with Gasteiger partial charge in [0.2, 0.25) is 16.0 Å². The van der Waals surface area contributed by atoms with Crippen LogP contribution in [-0.4, -0.2) is 47.0 Å². The molecule has 3 aromatic rings. The number of halogens is 1. The highest BCUT2D eigenvalue weighted by molar-refractivity contribution is 7.92. The minimum Gasteiger partial charge on any atom is -0.369 e. The number of hydrogen-bond donors (Lipinski definition) is 1. The number of nitrogens with zero attached hydrogens (tertiary/aromatic N) is 5. The quantitative estimate of drug-likeness (QED) is 0.499. The number of aryl methyl sites for hydroxylation is 1. The zero-order chi connectivity index (χ0) is 23.4. The van der Waals surface area contributed by atoms with Gasteiger partial charge in [-0.15, -0.1) is 10.2 Å². The molecule has 1 aromatic carbocycles. The Labute approximate surface area is 193 Å². The van der Waals surface area contributed by atoms with Gasteiger partial charge < -0.3 is 9.47 Å². The summed E-state index contributed by atoms with van der Waals surface area (Å²) >= 11 is 0. The average molecular weight is 473 g/mol. The number of para-hydroxylation sites is 1. The maximum absolute atomic E-state index is 13.5. The third kappa shape index (κ3) is 5.32.